The van der Waals surface area contributed by atoms with Crippen LogP contribution in [0.5, 0.6) is 5.75 Å². The van der Waals surface area contributed by atoms with Gasteiger partial charge in [0.1, 0.15) is 18.5 Å². The van der Waals surface area contributed by atoms with Crippen molar-refractivity contribution >= 4 is 6.21 Å². The van der Waals surface area contributed by atoms with Crippen molar-refractivity contribution in [2.75, 3.05) is 19.8 Å². The zero-order valence-electron chi connectivity index (χ0n) is 9.56. The van der Waals surface area contributed by atoms with Crippen LogP contribution in [-0.4, -0.2) is 32.1 Å². The van der Waals surface area contributed by atoms with Crippen LogP contribution in [0.3, 0.4) is 0 Å². The van der Waals surface area contributed by atoms with Gasteiger partial charge in [-0.15, -0.1) is 0 Å². The van der Waals surface area contributed by atoms with Crippen molar-refractivity contribution in [3.8, 4) is 5.75 Å². The molecular formula is C13H17NO2. The number of para-hydroxylation sites is 1. The van der Waals surface area contributed by atoms with Crippen LogP contribution in [0.25, 0.3) is 0 Å². The molecule has 0 saturated heterocycles. The highest BCUT2D eigenvalue weighted by Gasteiger charge is 2.12. The number of hydrogen-bond acceptors (Lipinski definition) is 3. The van der Waals surface area contributed by atoms with Crippen molar-refractivity contribution in [2.24, 2.45) is 4.99 Å². The summed E-state index contributed by atoms with van der Waals surface area (Å²) in [6.45, 7) is 4.12. The second kappa shape index (κ2) is 5.66. The molecule has 3 nitrogen and oxygen atoms in total. The van der Waals surface area contributed by atoms with E-state index < -0.39 is 0 Å². The summed E-state index contributed by atoms with van der Waals surface area (Å²) in [5, 5.41) is 0. The molecular weight excluding hydrogens is 202 g/mol. The summed E-state index contributed by atoms with van der Waals surface area (Å²) in [4.78, 5) is 4.38. The van der Waals surface area contributed by atoms with E-state index in [1.165, 1.54) is 0 Å². The maximum Gasteiger partial charge on any atom is 0.128 e. The number of benzene rings is 1. The predicted octanol–water partition coefficient (Wildman–Crippen LogP) is 2.29. The highest BCUT2D eigenvalue weighted by Crippen LogP contribution is 2.18. The van der Waals surface area contributed by atoms with Crippen molar-refractivity contribution in [2.45, 2.75) is 19.4 Å². The second-order valence-corrected chi connectivity index (χ2v) is 3.84. The minimum absolute atomic E-state index is 0.0737. The topological polar surface area (TPSA) is 30.8 Å². The largest absolute Gasteiger partial charge is 0.490 e. The van der Waals surface area contributed by atoms with Crippen LogP contribution in [0, 0.1) is 0 Å². The van der Waals surface area contributed by atoms with Gasteiger partial charge in [0.2, 0.25) is 0 Å². The van der Waals surface area contributed by atoms with Crippen molar-refractivity contribution in [3.05, 3.63) is 29.8 Å². The Balaban J connectivity index is 2.03. The summed E-state index contributed by atoms with van der Waals surface area (Å²) in [7, 11) is 0. The Hall–Kier alpha value is -1.35. The van der Waals surface area contributed by atoms with Gasteiger partial charge >= 0.3 is 0 Å². The van der Waals surface area contributed by atoms with Gasteiger partial charge in [-0.1, -0.05) is 19.1 Å². The first-order chi connectivity index (χ1) is 7.90. The second-order valence-electron chi connectivity index (χ2n) is 3.84. The number of aliphatic imine (C=N–C) groups is 1. The molecule has 0 bridgehead atoms. The average Bonchev–Trinajstić information content (AvgIpc) is 2.29. The standard InChI is InChI=1S/C13H17NO2/c1-2-7-15-12-9-14-8-11-5-3-4-6-13(11)16-10-12/h3-6,8,12H,2,7,9-10H2,1H3. The third-order valence-electron chi connectivity index (χ3n) is 2.44. The van der Waals surface area contributed by atoms with Gasteiger partial charge in [-0.25, -0.2) is 0 Å². The molecule has 2 rings (SSSR count). The molecule has 0 saturated carbocycles. The summed E-state index contributed by atoms with van der Waals surface area (Å²) in [5.74, 6) is 0.885. The molecule has 0 aromatic heterocycles. The molecule has 86 valence electrons. The zero-order valence-corrected chi connectivity index (χ0v) is 9.56. The van der Waals surface area contributed by atoms with Crippen molar-refractivity contribution in [3.63, 3.8) is 0 Å². The summed E-state index contributed by atoms with van der Waals surface area (Å²) in [5.41, 5.74) is 1.04. The molecule has 1 heterocycles. The van der Waals surface area contributed by atoms with Gasteiger partial charge in [0, 0.05) is 18.4 Å². The Kier molecular flexibility index (Phi) is 3.94. The number of nitrogens with zero attached hydrogens (tertiary/aromatic N) is 1. The summed E-state index contributed by atoms with van der Waals surface area (Å²) < 4.78 is 11.4. The lowest BCUT2D eigenvalue weighted by atomic mass is 10.2. The van der Waals surface area contributed by atoms with E-state index in [4.69, 9.17) is 9.47 Å². The van der Waals surface area contributed by atoms with Gasteiger partial charge < -0.3 is 9.47 Å². The molecule has 0 N–H and O–H groups in total. The molecule has 1 aliphatic rings. The first-order valence-corrected chi connectivity index (χ1v) is 5.73. The molecule has 0 radical (unpaired) electrons. The highest BCUT2D eigenvalue weighted by atomic mass is 16.5. The van der Waals surface area contributed by atoms with Gasteiger partial charge in [-0.05, 0) is 18.6 Å². The van der Waals surface area contributed by atoms with Crippen LogP contribution < -0.4 is 4.74 Å². The van der Waals surface area contributed by atoms with Gasteiger partial charge in [0.15, 0.2) is 0 Å². The van der Waals surface area contributed by atoms with Crippen LogP contribution in [0.4, 0.5) is 0 Å². The van der Waals surface area contributed by atoms with Crippen LogP contribution in [0.1, 0.15) is 18.9 Å². The van der Waals surface area contributed by atoms with Crippen LogP contribution in [-0.2, 0) is 4.74 Å². The lowest BCUT2D eigenvalue weighted by Gasteiger charge is -2.19. The van der Waals surface area contributed by atoms with E-state index in [1.54, 1.807) is 0 Å². The van der Waals surface area contributed by atoms with Gasteiger partial charge in [0.25, 0.3) is 0 Å². The normalized spacial score (nSPS) is 19.4. The summed E-state index contributed by atoms with van der Waals surface area (Å²) >= 11 is 0. The Bertz CT molecular complexity index is 363. The third-order valence-corrected chi connectivity index (χ3v) is 2.44. The van der Waals surface area contributed by atoms with E-state index in [0.29, 0.717) is 13.2 Å². The number of rotatable bonds is 3. The van der Waals surface area contributed by atoms with Gasteiger partial charge in [-0.3, -0.25) is 4.99 Å². The molecule has 0 fully saturated rings. The fraction of sp³-hybridized carbons (Fsp3) is 0.462. The summed E-state index contributed by atoms with van der Waals surface area (Å²) in [6.07, 6.45) is 2.96. The van der Waals surface area contributed by atoms with Crippen LogP contribution >= 0.6 is 0 Å². The first-order valence-electron chi connectivity index (χ1n) is 5.73. The minimum atomic E-state index is 0.0737. The van der Waals surface area contributed by atoms with Crippen molar-refractivity contribution in [1.82, 2.24) is 0 Å². The molecule has 1 aromatic carbocycles. The first kappa shape index (κ1) is 11.1. The van der Waals surface area contributed by atoms with E-state index in [1.807, 2.05) is 30.5 Å². The molecule has 0 spiro atoms. The van der Waals surface area contributed by atoms with Gasteiger partial charge in [0.05, 0.1) is 6.54 Å². The van der Waals surface area contributed by atoms with E-state index >= 15 is 0 Å². The SMILES string of the molecule is CCCOC1CN=Cc2ccccc2OC1. The Morgan fingerprint density at radius 3 is 3.19 bits per heavy atom. The Labute approximate surface area is 96.1 Å². The van der Waals surface area contributed by atoms with Crippen LogP contribution in [0.2, 0.25) is 0 Å². The molecule has 0 amide bonds. The molecule has 0 aliphatic carbocycles. The quantitative estimate of drug-likeness (QED) is 0.781. The number of hydrogen-bond donors (Lipinski definition) is 0. The molecule has 1 atom stereocenters. The molecule has 3 heteroatoms. The van der Waals surface area contributed by atoms with Gasteiger partial charge in [-0.2, -0.15) is 0 Å². The van der Waals surface area contributed by atoms with E-state index in [2.05, 4.69) is 11.9 Å². The fourth-order valence-electron chi connectivity index (χ4n) is 1.61. The molecule has 1 unspecified atom stereocenters. The minimum Gasteiger partial charge on any atom is -0.490 e. The van der Waals surface area contributed by atoms with Crippen LogP contribution in [0.15, 0.2) is 29.3 Å². The maximum absolute atomic E-state index is 5.72. The Morgan fingerprint density at radius 2 is 2.31 bits per heavy atom. The van der Waals surface area contributed by atoms with E-state index in [-0.39, 0.29) is 6.10 Å². The monoisotopic (exact) mass is 219 g/mol. The lowest BCUT2D eigenvalue weighted by Crippen LogP contribution is -2.26. The van der Waals surface area contributed by atoms with Crippen molar-refractivity contribution < 1.29 is 9.47 Å². The highest BCUT2D eigenvalue weighted by molar-refractivity contribution is 5.83. The summed E-state index contributed by atoms with van der Waals surface area (Å²) in [6, 6.07) is 7.92. The lowest BCUT2D eigenvalue weighted by molar-refractivity contribution is 0.0262. The molecule has 1 aromatic rings. The van der Waals surface area contributed by atoms with E-state index in [9.17, 15) is 0 Å². The average molecular weight is 219 g/mol. The fourth-order valence-corrected chi connectivity index (χ4v) is 1.61. The zero-order chi connectivity index (χ0) is 11.2. The molecule has 16 heavy (non-hydrogen) atoms. The Morgan fingerprint density at radius 1 is 1.44 bits per heavy atom. The maximum atomic E-state index is 5.72. The third kappa shape index (κ3) is 2.83. The smallest absolute Gasteiger partial charge is 0.128 e. The predicted molar refractivity (Wildman–Crippen MR) is 64.4 cm³/mol. The van der Waals surface area contributed by atoms with Crippen molar-refractivity contribution in [1.29, 1.82) is 0 Å². The molecule has 1 aliphatic heterocycles. The number of fused-ring (bicyclic) bond motifs is 1. The van der Waals surface area contributed by atoms with E-state index in [0.717, 1.165) is 24.3 Å². The number of ether oxygens (including phenoxy) is 2.